The minimum atomic E-state index is 0.268. The number of piperidine rings is 2. The van der Waals surface area contributed by atoms with E-state index in [1.807, 2.05) is 12.3 Å². The van der Waals surface area contributed by atoms with Gasteiger partial charge in [0.1, 0.15) is 17.4 Å². The number of amides is 1. The third-order valence-electron chi connectivity index (χ3n) is 9.26. The molecule has 3 heterocycles. The van der Waals surface area contributed by atoms with Gasteiger partial charge in [0.2, 0.25) is 5.91 Å². The molecule has 38 heavy (non-hydrogen) atoms. The average molecular weight is 520 g/mol. The first kappa shape index (κ1) is 27.4. The zero-order chi connectivity index (χ0) is 26.2. The summed E-state index contributed by atoms with van der Waals surface area (Å²) in [6, 6.07) is 8.76. The van der Waals surface area contributed by atoms with Crippen LogP contribution in [0.3, 0.4) is 0 Å². The highest BCUT2D eigenvalue weighted by molar-refractivity contribution is 5.85. The molecule has 2 aliphatic heterocycles. The van der Waals surface area contributed by atoms with Gasteiger partial charge in [0.25, 0.3) is 0 Å². The third kappa shape index (κ3) is 7.28. The second-order valence-electron chi connectivity index (χ2n) is 12.2. The smallest absolute Gasteiger partial charge is 0.225 e. The molecular weight excluding hydrogens is 470 g/mol. The van der Waals surface area contributed by atoms with E-state index in [9.17, 15) is 4.79 Å². The maximum absolute atomic E-state index is 12.9. The summed E-state index contributed by atoms with van der Waals surface area (Å²) < 4.78 is 6.64. The molecule has 3 fully saturated rings. The van der Waals surface area contributed by atoms with Crippen LogP contribution in [0.5, 0.6) is 5.75 Å². The Hall–Kier alpha value is -2.14. The first-order valence-corrected chi connectivity index (χ1v) is 15.7. The highest BCUT2D eigenvalue weighted by atomic mass is 16.5. The number of hydrogen-bond acceptors (Lipinski definition) is 4. The van der Waals surface area contributed by atoms with E-state index in [0.29, 0.717) is 5.91 Å². The van der Waals surface area contributed by atoms with Crippen LogP contribution in [0.15, 0.2) is 30.5 Å². The normalized spacial score (nSPS) is 23.6. The highest BCUT2D eigenvalue weighted by Crippen LogP contribution is 2.33. The van der Waals surface area contributed by atoms with Crippen molar-refractivity contribution in [2.45, 2.75) is 103 Å². The van der Waals surface area contributed by atoms with Gasteiger partial charge in [-0.1, -0.05) is 32.3 Å². The molecule has 0 atom stereocenters. The standard InChI is InChI=1S/C33H49N3O2/c1-2-3-4-6-10-27-23-29-11-9-18-34-32(29)31(24-27)38-30-16-21-35(22-17-30)25-26-12-14-28(15-13-26)33(37)36-19-7-5-8-20-36/h9,11,18,23-24,26,28,30H,2-8,10,12-17,19-22,25H2,1H3/t26-,28-. The number of aryl methyl sites for hydroxylation is 1. The zero-order valence-electron chi connectivity index (χ0n) is 23.7. The van der Waals surface area contributed by atoms with Gasteiger partial charge in [0, 0.05) is 50.2 Å². The number of pyridine rings is 1. The molecule has 208 valence electrons. The molecule has 1 saturated carbocycles. The molecule has 1 aliphatic carbocycles. The Morgan fingerprint density at radius 2 is 1.74 bits per heavy atom. The fourth-order valence-electron chi connectivity index (χ4n) is 6.93. The van der Waals surface area contributed by atoms with Crippen LogP contribution in [-0.2, 0) is 11.2 Å². The molecule has 1 amide bonds. The molecule has 3 aliphatic rings. The molecule has 5 heteroatoms. The fourth-order valence-corrected chi connectivity index (χ4v) is 6.93. The van der Waals surface area contributed by atoms with Gasteiger partial charge < -0.3 is 14.5 Å². The van der Waals surface area contributed by atoms with Crippen LogP contribution in [0.2, 0.25) is 0 Å². The number of hydrogen-bond donors (Lipinski definition) is 0. The van der Waals surface area contributed by atoms with E-state index >= 15 is 0 Å². The van der Waals surface area contributed by atoms with Gasteiger partial charge in [0.05, 0.1) is 0 Å². The maximum Gasteiger partial charge on any atom is 0.225 e. The first-order chi connectivity index (χ1) is 18.7. The average Bonchev–Trinajstić information content (AvgIpc) is 2.97. The largest absolute Gasteiger partial charge is 0.488 e. The van der Waals surface area contributed by atoms with Crippen molar-refractivity contribution < 1.29 is 9.53 Å². The molecule has 0 unspecified atom stereocenters. The van der Waals surface area contributed by atoms with Crippen molar-refractivity contribution in [2.75, 3.05) is 32.7 Å². The Morgan fingerprint density at radius 3 is 2.50 bits per heavy atom. The SMILES string of the molecule is CCCCCCc1cc(OC2CCN(C[C@H]3CC[C@H](C(=O)N4CCCCC4)CC3)CC2)c2ncccc2c1. The number of nitrogens with zero attached hydrogens (tertiary/aromatic N) is 3. The number of rotatable bonds is 10. The lowest BCUT2D eigenvalue weighted by Gasteiger charge is -2.37. The van der Waals surface area contributed by atoms with E-state index in [1.54, 1.807) is 0 Å². The second kappa shape index (κ2) is 13.8. The summed E-state index contributed by atoms with van der Waals surface area (Å²) in [6.45, 7) is 7.66. The van der Waals surface area contributed by atoms with Crippen LogP contribution in [-0.4, -0.2) is 59.5 Å². The van der Waals surface area contributed by atoms with E-state index in [0.717, 1.165) is 75.5 Å². The Balaban J connectivity index is 1.08. The van der Waals surface area contributed by atoms with Crippen molar-refractivity contribution in [1.29, 1.82) is 0 Å². The Kier molecular flexibility index (Phi) is 9.94. The minimum Gasteiger partial charge on any atom is -0.488 e. The molecule has 2 saturated heterocycles. The lowest BCUT2D eigenvalue weighted by molar-refractivity contribution is -0.137. The predicted octanol–water partition coefficient (Wildman–Crippen LogP) is 7.02. The van der Waals surface area contributed by atoms with E-state index in [2.05, 4.69) is 39.9 Å². The lowest BCUT2D eigenvalue weighted by atomic mass is 9.80. The molecule has 1 aromatic heterocycles. The van der Waals surface area contributed by atoms with E-state index in [-0.39, 0.29) is 12.0 Å². The number of aromatic nitrogens is 1. The van der Waals surface area contributed by atoms with Crippen LogP contribution < -0.4 is 4.74 Å². The van der Waals surface area contributed by atoms with Gasteiger partial charge in [-0.25, -0.2) is 0 Å². The van der Waals surface area contributed by atoms with Gasteiger partial charge in [0.15, 0.2) is 0 Å². The number of carbonyl (C=O) groups is 1. The molecule has 1 aromatic carbocycles. The Bertz CT molecular complexity index is 1020. The van der Waals surface area contributed by atoms with Crippen molar-refractivity contribution in [3.63, 3.8) is 0 Å². The predicted molar refractivity (Wildman–Crippen MR) is 156 cm³/mol. The summed E-state index contributed by atoms with van der Waals surface area (Å²) in [5.41, 5.74) is 2.38. The summed E-state index contributed by atoms with van der Waals surface area (Å²) in [5.74, 6) is 2.46. The molecule has 0 N–H and O–H groups in total. The minimum absolute atomic E-state index is 0.268. The summed E-state index contributed by atoms with van der Waals surface area (Å²) in [5, 5.41) is 1.20. The van der Waals surface area contributed by atoms with Crippen LogP contribution in [0.1, 0.15) is 96.0 Å². The Labute approximate surface area is 230 Å². The number of ether oxygens (including phenoxy) is 1. The summed E-state index contributed by atoms with van der Waals surface area (Å²) in [7, 11) is 0. The third-order valence-corrected chi connectivity index (χ3v) is 9.26. The number of fused-ring (bicyclic) bond motifs is 1. The first-order valence-electron chi connectivity index (χ1n) is 15.7. The zero-order valence-corrected chi connectivity index (χ0v) is 23.7. The van der Waals surface area contributed by atoms with Crippen molar-refractivity contribution in [3.8, 4) is 5.75 Å². The number of unbranched alkanes of at least 4 members (excludes halogenated alkanes) is 3. The quantitative estimate of drug-likeness (QED) is 0.317. The van der Waals surface area contributed by atoms with Gasteiger partial charge >= 0.3 is 0 Å². The maximum atomic E-state index is 12.9. The molecule has 5 rings (SSSR count). The molecule has 5 nitrogen and oxygen atoms in total. The van der Waals surface area contributed by atoms with Crippen molar-refractivity contribution in [2.24, 2.45) is 11.8 Å². The van der Waals surface area contributed by atoms with Gasteiger partial charge in [-0.2, -0.15) is 0 Å². The summed E-state index contributed by atoms with van der Waals surface area (Å²) >= 11 is 0. The topological polar surface area (TPSA) is 45.7 Å². The lowest BCUT2D eigenvalue weighted by Crippen LogP contribution is -2.43. The number of likely N-dealkylation sites (tertiary alicyclic amines) is 2. The number of benzene rings is 1. The van der Waals surface area contributed by atoms with Crippen LogP contribution in [0.4, 0.5) is 0 Å². The summed E-state index contributed by atoms with van der Waals surface area (Å²) in [4.78, 5) is 22.4. The molecule has 2 aromatic rings. The van der Waals surface area contributed by atoms with Crippen molar-refractivity contribution >= 4 is 16.8 Å². The second-order valence-corrected chi connectivity index (χ2v) is 12.2. The van der Waals surface area contributed by atoms with E-state index in [4.69, 9.17) is 4.74 Å². The Morgan fingerprint density at radius 1 is 0.947 bits per heavy atom. The van der Waals surface area contributed by atoms with E-state index < -0.39 is 0 Å². The fraction of sp³-hybridized carbons (Fsp3) is 0.697. The van der Waals surface area contributed by atoms with Crippen molar-refractivity contribution in [1.82, 2.24) is 14.8 Å². The molecule has 0 spiro atoms. The number of carbonyl (C=O) groups excluding carboxylic acids is 1. The van der Waals surface area contributed by atoms with Crippen LogP contribution >= 0.6 is 0 Å². The van der Waals surface area contributed by atoms with E-state index in [1.165, 1.54) is 75.3 Å². The molecule has 0 bridgehead atoms. The van der Waals surface area contributed by atoms with Gasteiger partial charge in [-0.05, 0) is 100 Å². The molecular formula is C33H49N3O2. The van der Waals surface area contributed by atoms with Gasteiger partial charge in [-0.15, -0.1) is 0 Å². The van der Waals surface area contributed by atoms with Crippen LogP contribution in [0.25, 0.3) is 10.9 Å². The van der Waals surface area contributed by atoms with Crippen molar-refractivity contribution in [3.05, 3.63) is 36.0 Å². The monoisotopic (exact) mass is 519 g/mol. The summed E-state index contributed by atoms with van der Waals surface area (Å²) in [6.07, 6.45) is 18.8. The highest BCUT2D eigenvalue weighted by Gasteiger charge is 2.31. The van der Waals surface area contributed by atoms with Crippen LogP contribution in [0, 0.1) is 11.8 Å². The van der Waals surface area contributed by atoms with Gasteiger partial charge in [-0.3, -0.25) is 9.78 Å². The molecule has 0 radical (unpaired) electrons.